The number of carbonyl (C=O) groups is 1. The molecular formula is C12H14ClF3N2O. The Bertz CT molecular complexity index is 424. The summed E-state index contributed by atoms with van der Waals surface area (Å²) in [6.45, 7) is 0.0819. The second-order valence-electron chi connectivity index (χ2n) is 3.92. The third-order valence-corrected chi connectivity index (χ3v) is 2.58. The van der Waals surface area contributed by atoms with E-state index in [1.807, 2.05) is 0 Å². The predicted molar refractivity (Wildman–Crippen MR) is 68.2 cm³/mol. The summed E-state index contributed by atoms with van der Waals surface area (Å²) in [5.74, 6) is -0.347. The van der Waals surface area contributed by atoms with Crippen LogP contribution < -0.4 is 10.6 Å². The van der Waals surface area contributed by atoms with Crippen LogP contribution in [0.4, 0.5) is 18.9 Å². The number of amides is 1. The Morgan fingerprint density at radius 3 is 2.58 bits per heavy atom. The monoisotopic (exact) mass is 294 g/mol. The van der Waals surface area contributed by atoms with E-state index in [1.54, 1.807) is 24.3 Å². The number of rotatable bonds is 6. The summed E-state index contributed by atoms with van der Waals surface area (Å²) in [4.78, 5) is 11.5. The molecule has 3 nitrogen and oxygen atoms in total. The maximum Gasteiger partial charge on any atom is 0.389 e. The minimum atomic E-state index is -4.15. The quantitative estimate of drug-likeness (QED) is 0.791. The molecule has 0 aliphatic rings. The third kappa shape index (κ3) is 7.03. The van der Waals surface area contributed by atoms with E-state index in [4.69, 9.17) is 11.6 Å². The molecular weight excluding hydrogens is 281 g/mol. The van der Waals surface area contributed by atoms with Gasteiger partial charge in [0.1, 0.15) is 0 Å². The molecule has 2 N–H and O–H groups in total. The molecule has 0 unspecified atom stereocenters. The van der Waals surface area contributed by atoms with E-state index in [0.29, 0.717) is 10.7 Å². The summed E-state index contributed by atoms with van der Waals surface area (Å²) in [6, 6.07) is 6.73. The molecule has 0 saturated carbocycles. The lowest BCUT2D eigenvalue weighted by Crippen LogP contribution is -2.29. The summed E-state index contributed by atoms with van der Waals surface area (Å²) in [5, 5.41) is 5.61. The number of alkyl halides is 3. The topological polar surface area (TPSA) is 41.1 Å². The lowest BCUT2D eigenvalue weighted by molar-refractivity contribution is -0.135. The number of hydrogen-bond donors (Lipinski definition) is 2. The highest BCUT2D eigenvalue weighted by atomic mass is 35.5. The molecule has 0 heterocycles. The Morgan fingerprint density at radius 2 is 1.95 bits per heavy atom. The van der Waals surface area contributed by atoms with Crippen LogP contribution in [0.15, 0.2) is 24.3 Å². The van der Waals surface area contributed by atoms with Crippen molar-refractivity contribution < 1.29 is 18.0 Å². The minimum Gasteiger partial charge on any atom is -0.324 e. The van der Waals surface area contributed by atoms with Crippen LogP contribution in [0.5, 0.6) is 0 Å². The van der Waals surface area contributed by atoms with E-state index in [1.165, 1.54) is 0 Å². The molecule has 1 aromatic carbocycles. The third-order valence-electron chi connectivity index (χ3n) is 2.25. The van der Waals surface area contributed by atoms with Crippen LogP contribution >= 0.6 is 11.6 Å². The van der Waals surface area contributed by atoms with Gasteiger partial charge in [-0.05, 0) is 25.1 Å². The van der Waals surface area contributed by atoms with Gasteiger partial charge in [-0.3, -0.25) is 4.79 Å². The van der Waals surface area contributed by atoms with Crippen LogP contribution in [-0.4, -0.2) is 25.2 Å². The number of carbonyl (C=O) groups excluding carboxylic acids is 1. The molecule has 0 fully saturated rings. The second kappa shape index (κ2) is 7.35. The lowest BCUT2D eigenvalue weighted by atomic mass is 10.3. The van der Waals surface area contributed by atoms with Crippen LogP contribution in [0.25, 0.3) is 0 Å². The fourth-order valence-electron chi connectivity index (χ4n) is 1.37. The number of benzene rings is 1. The van der Waals surface area contributed by atoms with E-state index >= 15 is 0 Å². The predicted octanol–water partition coefficient (Wildman–Crippen LogP) is 3.21. The second-order valence-corrected chi connectivity index (χ2v) is 4.33. The van der Waals surface area contributed by atoms with Crippen LogP contribution in [0.1, 0.15) is 12.8 Å². The number of hydrogen-bond acceptors (Lipinski definition) is 2. The molecule has 7 heteroatoms. The Morgan fingerprint density at radius 1 is 1.26 bits per heavy atom. The van der Waals surface area contributed by atoms with Gasteiger partial charge in [-0.2, -0.15) is 13.2 Å². The zero-order valence-corrected chi connectivity index (χ0v) is 10.8. The fourth-order valence-corrected chi connectivity index (χ4v) is 1.56. The van der Waals surface area contributed by atoms with Crippen LogP contribution in [-0.2, 0) is 4.79 Å². The normalized spacial score (nSPS) is 11.4. The first-order valence-electron chi connectivity index (χ1n) is 5.70. The van der Waals surface area contributed by atoms with Gasteiger partial charge in [-0.15, -0.1) is 0 Å². The molecule has 1 aromatic rings. The summed E-state index contributed by atoms with van der Waals surface area (Å²) in [6.07, 6.45) is -5.06. The Hall–Kier alpha value is -1.27. The molecule has 0 atom stereocenters. The van der Waals surface area contributed by atoms with Gasteiger partial charge in [0, 0.05) is 6.42 Å². The van der Waals surface area contributed by atoms with Gasteiger partial charge in [-0.25, -0.2) is 0 Å². The molecule has 19 heavy (non-hydrogen) atoms. The first-order chi connectivity index (χ1) is 8.88. The van der Waals surface area contributed by atoms with Crippen molar-refractivity contribution in [2.45, 2.75) is 19.0 Å². The Balaban J connectivity index is 2.20. The van der Waals surface area contributed by atoms with Crippen molar-refractivity contribution in [1.82, 2.24) is 5.32 Å². The zero-order valence-electron chi connectivity index (χ0n) is 10.1. The zero-order chi connectivity index (χ0) is 14.3. The van der Waals surface area contributed by atoms with Crippen LogP contribution in [0.3, 0.4) is 0 Å². The summed E-state index contributed by atoms with van der Waals surface area (Å²) < 4.78 is 35.6. The molecule has 106 valence electrons. The standard InChI is InChI=1S/C12H14ClF3N2O/c13-9-4-1-2-5-10(9)18-11(19)8-17-7-3-6-12(14,15)16/h1-2,4-5,17H,3,6-8H2,(H,18,19). The largest absolute Gasteiger partial charge is 0.389 e. The van der Waals surface area contributed by atoms with E-state index in [-0.39, 0.29) is 25.4 Å². The molecule has 0 spiro atoms. The highest BCUT2D eigenvalue weighted by molar-refractivity contribution is 6.33. The molecule has 0 saturated heterocycles. The summed E-state index contributed by atoms with van der Waals surface area (Å²) in [5.41, 5.74) is 0.478. The van der Waals surface area contributed by atoms with E-state index in [2.05, 4.69) is 10.6 Å². The lowest BCUT2D eigenvalue weighted by Gasteiger charge is -2.09. The van der Waals surface area contributed by atoms with Crippen molar-refractivity contribution in [2.75, 3.05) is 18.4 Å². The van der Waals surface area contributed by atoms with Gasteiger partial charge < -0.3 is 10.6 Å². The smallest absolute Gasteiger partial charge is 0.324 e. The van der Waals surface area contributed by atoms with Gasteiger partial charge in [0.05, 0.1) is 17.3 Å². The van der Waals surface area contributed by atoms with Crippen molar-refractivity contribution >= 4 is 23.2 Å². The first kappa shape index (κ1) is 15.8. The highest BCUT2D eigenvalue weighted by Gasteiger charge is 2.25. The highest BCUT2D eigenvalue weighted by Crippen LogP contribution is 2.21. The average Bonchev–Trinajstić information content (AvgIpc) is 2.30. The van der Waals surface area contributed by atoms with Crippen molar-refractivity contribution in [3.8, 4) is 0 Å². The number of anilines is 1. The van der Waals surface area contributed by atoms with Gasteiger partial charge >= 0.3 is 6.18 Å². The van der Waals surface area contributed by atoms with Crippen molar-refractivity contribution in [3.63, 3.8) is 0 Å². The number of halogens is 4. The molecule has 1 amide bonds. The van der Waals surface area contributed by atoms with Crippen molar-refractivity contribution in [1.29, 1.82) is 0 Å². The molecule has 0 aliphatic heterocycles. The molecule has 1 rings (SSSR count). The SMILES string of the molecule is O=C(CNCCCC(F)(F)F)Nc1ccccc1Cl. The van der Waals surface area contributed by atoms with Gasteiger partial charge in [0.25, 0.3) is 0 Å². The first-order valence-corrected chi connectivity index (χ1v) is 6.08. The maximum absolute atomic E-state index is 11.9. The Labute approximate surface area is 114 Å². The fraction of sp³-hybridized carbons (Fsp3) is 0.417. The maximum atomic E-state index is 11.9. The van der Waals surface area contributed by atoms with Gasteiger partial charge in [0.15, 0.2) is 0 Å². The van der Waals surface area contributed by atoms with E-state index in [9.17, 15) is 18.0 Å². The van der Waals surface area contributed by atoms with Crippen LogP contribution in [0.2, 0.25) is 5.02 Å². The summed E-state index contributed by atoms with van der Waals surface area (Å²) in [7, 11) is 0. The van der Waals surface area contributed by atoms with E-state index in [0.717, 1.165) is 0 Å². The van der Waals surface area contributed by atoms with Gasteiger partial charge in [0.2, 0.25) is 5.91 Å². The molecule has 0 radical (unpaired) electrons. The summed E-state index contributed by atoms with van der Waals surface area (Å²) >= 11 is 5.84. The number of para-hydroxylation sites is 1. The molecule has 0 bridgehead atoms. The number of nitrogens with one attached hydrogen (secondary N) is 2. The molecule has 0 aromatic heterocycles. The van der Waals surface area contributed by atoms with Crippen LogP contribution in [0, 0.1) is 0 Å². The van der Waals surface area contributed by atoms with E-state index < -0.39 is 12.6 Å². The van der Waals surface area contributed by atoms with Crippen molar-refractivity contribution in [2.24, 2.45) is 0 Å². The van der Waals surface area contributed by atoms with Gasteiger partial charge in [-0.1, -0.05) is 23.7 Å². The minimum absolute atomic E-state index is 0.0525. The molecule has 0 aliphatic carbocycles. The Kier molecular flexibility index (Phi) is 6.11. The van der Waals surface area contributed by atoms with Crippen molar-refractivity contribution in [3.05, 3.63) is 29.3 Å². The average molecular weight is 295 g/mol.